The van der Waals surface area contributed by atoms with Crippen molar-refractivity contribution in [3.05, 3.63) is 29.3 Å². The number of aliphatic hydroxyl groups is 1. The molecule has 0 aliphatic carbocycles. The molecule has 0 bridgehead atoms. The molecule has 3 N–H and O–H groups in total. The minimum absolute atomic E-state index is 0.0979. The van der Waals surface area contributed by atoms with Crippen LogP contribution in [-0.2, 0) is 11.2 Å². The van der Waals surface area contributed by atoms with Gasteiger partial charge in [0.1, 0.15) is 0 Å². The molecule has 0 aromatic heterocycles. The third-order valence-corrected chi connectivity index (χ3v) is 3.43. The maximum Gasteiger partial charge on any atom is 0.224 e. The fraction of sp³-hybridized carbons (Fsp3) is 0.500. The lowest BCUT2D eigenvalue weighted by molar-refractivity contribution is -0.116. The summed E-state index contributed by atoms with van der Waals surface area (Å²) in [5.41, 5.74) is 3.37. The van der Waals surface area contributed by atoms with E-state index in [2.05, 4.69) is 16.7 Å². The van der Waals surface area contributed by atoms with Crippen LogP contribution in [0.15, 0.2) is 18.2 Å². The number of carbonyl (C=O) groups is 1. The van der Waals surface area contributed by atoms with Gasteiger partial charge in [-0.2, -0.15) is 0 Å². The average Bonchev–Trinajstić information content (AvgIpc) is 2.39. The second kappa shape index (κ2) is 5.98. The Balaban J connectivity index is 2.16. The zero-order chi connectivity index (χ0) is 13.0. The van der Waals surface area contributed by atoms with Gasteiger partial charge in [-0.3, -0.25) is 4.79 Å². The van der Waals surface area contributed by atoms with Crippen molar-refractivity contribution in [1.29, 1.82) is 0 Å². The molecule has 0 saturated heterocycles. The van der Waals surface area contributed by atoms with E-state index in [1.54, 1.807) is 0 Å². The zero-order valence-electron chi connectivity index (χ0n) is 10.7. The van der Waals surface area contributed by atoms with Crippen LogP contribution in [0, 0.1) is 0 Å². The molecule has 4 heteroatoms. The third-order valence-electron chi connectivity index (χ3n) is 3.43. The van der Waals surface area contributed by atoms with E-state index in [9.17, 15) is 4.79 Å². The number of aliphatic hydroxyl groups excluding tert-OH is 1. The van der Waals surface area contributed by atoms with Gasteiger partial charge in [0.25, 0.3) is 0 Å². The summed E-state index contributed by atoms with van der Waals surface area (Å²) in [6.45, 7) is 0.221. The second-order valence-electron chi connectivity index (χ2n) is 4.67. The van der Waals surface area contributed by atoms with Gasteiger partial charge in [-0.15, -0.1) is 0 Å². The molecule has 0 radical (unpaired) electrons. The van der Waals surface area contributed by atoms with Gasteiger partial charge >= 0.3 is 0 Å². The van der Waals surface area contributed by atoms with Gasteiger partial charge in [0, 0.05) is 24.8 Å². The van der Waals surface area contributed by atoms with Gasteiger partial charge in [0.2, 0.25) is 5.91 Å². The SMILES string of the molecule is CNC(CCCO)c1ccc2c(c1)CCC(=O)N2. The van der Waals surface area contributed by atoms with Gasteiger partial charge in [0.15, 0.2) is 0 Å². The largest absolute Gasteiger partial charge is 0.396 e. The Morgan fingerprint density at radius 1 is 1.44 bits per heavy atom. The fourth-order valence-corrected chi connectivity index (χ4v) is 2.39. The van der Waals surface area contributed by atoms with Crippen LogP contribution in [0.4, 0.5) is 5.69 Å². The Hall–Kier alpha value is -1.39. The van der Waals surface area contributed by atoms with Gasteiger partial charge in [-0.25, -0.2) is 0 Å². The molecule has 1 amide bonds. The summed E-state index contributed by atoms with van der Waals surface area (Å²) in [5.74, 6) is 0.0979. The molecule has 0 spiro atoms. The highest BCUT2D eigenvalue weighted by Crippen LogP contribution is 2.27. The quantitative estimate of drug-likeness (QED) is 0.742. The Morgan fingerprint density at radius 2 is 2.28 bits per heavy atom. The number of aryl methyl sites for hydroxylation is 1. The molecule has 1 aliphatic heterocycles. The van der Waals surface area contributed by atoms with Crippen LogP contribution in [0.3, 0.4) is 0 Å². The van der Waals surface area contributed by atoms with Gasteiger partial charge in [-0.05, 0) is 43.5 Å². The molecule has 0 fully saturated rings. The predicted octanol–water partition coefficient (Wildman–Crippen LogP) is 1.60. The highest BCUT2D eigenvalue weighted by Gasteiger charge is 2.17. The monoisotopic (exact) mass is 248 g/mol. The lowest BCUT2D eigenvalue weighted by atomic mass is 9.95. The fourth-order valence-electron chi connectivity index (χ4n) is 2.39. The molecule has 4 nitrogen and oxygen atoms in total. The van der Waals surface area contributed by atoms with Crippen LogP contribution in [-0.4, -0.2) is 24.7 Å². The summed E-state index contributed by atoms with van der Waals surface area (Å²) in [6, 6.07) is 6.45. The van der Waals surface area contributed by atoms with Crippen LogP contribution in [0.5, 0.6) is 0 Å². The second-order valence-corrected chi connectivity index (χ2v) is 4.67. The van der Waals surface area contributed by atoms with Crippen molar-refractivity contribution >= 4 is 11.6 Å². The van der Waals surface area contributed by atoms with E-state index in [1.807, 2.05) is 19.2 Å². The van der Waals surface area contributed by atoms with Crippen LogP contribution in [0.2, 0.25) is 0 Å². The van der Waals surface area contributed by atoms with Gasteiger partial charge < -0.3 is 15.7 Å². The molecule has 0 saturated carbocycles. The van der Waals surface area contributed by atoms with E-state index in [1.165, 1.54) is 11.1 Å². The standard InChI is InChI=1S/C14H20N2O2/c1-15-12(3-2-8-17)10-4-6-13-11(9-10)5-7-14(18)16-13/h4,6,9,12,15,17H,2-3,5,7-8H2,1H3,(H,16,18). The first-order chi connectivity index (χ1) is 8.74. The zero-order valence-corrected chi connectivity index (χ0v) is 10.7. The summed E-state index contributed by atoms with van der Waals surface area (Å²) in [5, 5.41) is 15.1. The highest BCUT2D eigenvalue weighted by atomic mass is 16.2. The summed E-state index contributed by atoms with van der Waals surface area (Å²) in [7, 11) is 1.93. The van der Waals surface area contributed by atoms with E-state index in [0.29, 0.717) is 6.42 Å². The number of amides is 1. The minimum Gasteiger partial charge on any atom is -0.396 e. The number of hydrogen-bond donors (Lipinski definition) is 3. The molecule has 1 aliphatic rings. The summed E-state index contributed by atoms with van der Waals surface area (Å²) >= 11 is 0. The van der Waals surface area contributed by atoms with E-state index >= 15 is 0 Å². The Labute approximate surface area is 107 Å². The number of anilines is 1. The van der Waals surface area contributed by atoms with Crippen molar-refractivity contribution in [3.8, 4) is 0 Å². The van der Waals surface area contributed by atoms with Crippen molar-refractivity contribution in [2.45, 2.75) is 31.7 Å². The maximum absolute atomic E-state index is 11.3. The van der Waals surface area contributed by atoms with Crippen molar-refractivity contribution < 1.29 is 9.90 Å². The molecular weight excluding hydrogens is 228 g/mol. The van der Waals surface area contributed by atoms with Crippen molar-refractivity contribution in [2.75, 3.05) is 19.0 Å². The predicted molar refractivity (Wildman–Crippen MR) is 71.5 cm³/mol. The third kappa shape index (κ3) is 2.89. The lowest BCUT2D eigenvalue weighted by Gasteiger charge is -2.21. The molecule has 1 unspecified atom stereocenters. The normalized spacial score (nSPS) is 16.0. The number of fused-ring (bicyclic) bond motifs is 1. The van der Waals surface area contributed by atoms with Crippen molar-refractivity contribution in [2.24, 2.45) is 0 Å². The molecule has 2 rings (SSSR count). The number of rotatable bonds is 5. The molecule has 1 aromatic carbocycles. The van der Waals surface area contributed by atoms with Crippen molar-refractivity contribution in [3.63, 3.8) is 0 Å². The molecule has 1 atom stereocenters. The van der Waals surface area contributed by atoms with Crippen LogP contribution in [0.25, 0.3) is 0 Å². The summed E-state index contributed by atoms with van der Waals surface area (Å²) in [6.07, 6.45) is 3.08. The topological polar surface area (TPSA) is 61.4 Å². The number of nitrogens with one attached hydrogen (secondary N) is 2. The highest BCUT2D eigenvalue weighted by molar-refractivity contribution is 5.93. The number of benzene rings is 1. The molecule has 98 valence electrons. The molecule has 1 aromatic rings. The molecule has 18 heavy (non-hydrogen) atoms. The summed E-state index contributed by atoms with van der Waals surface area (Å²) in [4.78, 5) is 11.3. The lowest BCUT2D eigenvalue weighted by Crippen LogP contribution is -2.21. The van der Waals surface area contributed by atoms with E-state index < -0.39 is 0 Å². The van der Waals surface area contributed by atoms with E-state index in [0.717, 1.165) is 24.9 Å². The Morgan fingerprint density at radius 3 is 3.00 bits per heavy atom. The average molecular weight is 248 g/mol. The number of carbonyl (C=O) groups excluding carboxylic acids is 1. The Kier molecular flexibility index (Phi) is 4.33. The van der Waals surface area contributed by atoms with Crippen LogP contribution < -0.4 is 10.6 Å². The van der Waals surface area contributed by atoms with Gasteiger partial charge in [0.05, 0.1) is 0 Å². The smallest absolute Gasteiger partial charge is 0.224 e. The van der Waals surface area contributed by atoms with Crippen LogP contribution in [0.1, 0.15) is 36.4 Å². The minimum atomic E-state index is 0.0979. The van der Waals surface area contributed by atoms with Crippen molar-refractivity contribution in [1.82, 2.24) is 5.32 Å². The maximum atomic E-state index is 11.3. The molecule has 1 heterocycles. The molecular formula is C14H20N2O2. The van der Waals surface area contributed by atoms with Crippen LogP contribution >= 0.6 is 0 Å². The van der Waals surface area contributed by atoms with E-state index in [4.69, 9.17) is 5.11 Å². The first-order valence-electron chi connectivity index (χ1n) is 6.45. The van der Waals surface area contributed by atoms with Gasteiger partial charge in [-0.1, -0.05) is 12.1 Å². The number of hydrogen-bond acceptors (Lipinski definition) is 3. The Bertz CT molecular complexity index is 432. The summed E-state index contributed by atoms with van der Waals surface area (Å²) < 4.78 is 0. The first kappa shape index (κ1) is 13.1. The first-order valence-corrected chi connectivity index (χ1v) is 6.45. The van der Waals surface area contributed by atoms with E-state index in [-0.39, 0.29) is 18.6 Å².